The number of carbonyl (C=O) groups is 1. The van der Waals surface area contributed by atoms with E-state index in [0.717, 1.165) is 22.2 Å². The predicted octanol–water partition coefficient (Wildman–Crippen LogP) is 3.51. The highest BCUT2D eigenvalue weighted by Crippen LogP contribution is 2.26. The molecule has 0 unspecified atom stereocenters. The van der Waals surface area contributed by atoms with Crippen LogP contribution in [0, 0.1) is 10.1 Å². The van der Waals surface area contributed by atoms with Gasteiger partial charge in [-0.25, -0.2) is 8.42 Å². The maximum atomic E-state index is 12.7. The molecule has 0 fully saturated rings. The van der Waals surface area contributed by atoms with Crippen LogP contribution >= 0.6 is 0 Å². The van der Waals surface area contributed by atoms with E-state index in [1.807, 2.05) is 12.1 Å². The van der Waals surface area contributed by atoms with Crippen molar-refractivity contribution in [2.75, 3.05) is 15.9 Å². The second-order valence-electron chi connectivity index (χ2n) is 6.78. The van der Waals surface area contributed by atoms with Crippen molar-refractivity contribution in [3.63, 3.8) is 0 Å². The van der Waals surface area contributed by atoms with Crippen LogP contribution in [0.25, 0.3) is 0 Å². The van der Waals surface area contributed by atoms with Gasteiger partial charge in [-0.2, -0.15) is 0 Å². The van der Waals surface area contributed by atoms with E-state index >= 15 is 0 Å². The molecule has 0 radical (unpaired) electrons. The zero-order valence-corrected chi connectivity index (χ0v) is 16.9. The summed E-state index contributed by atoms with van der Waals surface area (Å²) >= 11 is 0. The zero-order chi connectivity index (χ0) is 21.1. The molecule has 2 aromatic rings. The molecule has 28 heavy (non-hydrogen) atoms. The van der Waals surface area contributed by atoms with Gasteiger partial charge >= 0.3 is 0 Å². The first-order valence-corrected chi connectivity index (χ1v) is 10.5. The topological polar surface area (TPSA) is 110 Å². The fourth-order valence-electron chi connectivity index (χ4n) is 2.75. The minimum atomic E-state index is -3.87. The van der Waals surface area contributed by atoms with Crippen LogP contribution in [0.3, 0.4) is 0 Å². The van der Waals surface area contributed by atoms with Crippen LogP contribution in [0.2, 0.25) is 0 Å². The molecule has 0 saturated carbocycles. The summed E-state index contributed by atoms with van der Waals surface area (Å²) in [6, 6.07) is 11.3. The van der Waals surface area contributed by atoms with E-state index in [0.29, 0.717) is 11.6 Å². The van der Waals surface area contributed by atoms with Crippen LogP contribution in [-0.4, -0.2) is 31.5 Å². The first-order chi connectivity index (χ1) is 13.0. The number of rotatable bonds is 7. The number of benzene rings is 2. The molecule has 0 spiro atoms. The Hall–Kier alpha value is -2.94. The normalized spacial score (nSPS) is 12.5. The Labute approximate surface area is 164 Å². The number of non-ortho nitro benzene ring substituents is 1. The third-order valence-corrected chi connectivity index (χ3v) is 5.47. The van der Waals surface area contributed by atoms with Crippen molar-refractivity contribution < 1.29 is 18.1 Å². The number of anilines is 2. The summed E-state index contributed by atoms with van der Waals surface area (Å²) in [5.41, 5.74) is 1.44. The van der Waals surface area contributed by atoms with Crippen LogP contribution in [0.4, 0.5) is 17.1 Å². The smallest absolute Gasteiger partial charge is 0.271 e. The van der Waals surface area contributed by atoms with Crippen molar-refractivity contribution in [2.24, 2.45) is 0 Å². The van der Waals surface area contributed by atoms with Crippen molar-refractivity contribution in [1.29, 1.82) is 0 Å². The minimum absolute atomic E-state index is 0.0505. The molecule has 0 aliphatic rings. The summed E-state index contributed by atoms with van der Waals surface area (Å²) < 4.78 is 25.5. The Balaban J connectivity index is 2.30. The highest BCUT2D eigenvalue weighted by molar-refractivity contribution is 7.92. The van der Waals surface area contributed by atoms with Gasteiger partial charge in [0.15, 0.2) is 0 Å². The summed E-state index contributed by atoms with van der Waals surface area (Å²) in [4.78, 5) is 23.0. The van der Waals surface area contributed by atoms with Crippen molar-refractivity contribution in [2.45, 2.75) is 32.7 Å². The largest absolute Gasteiger partial charge is 0.324 e. The molecule has 1 amide bonds. The molecule has 0 aromatic heterocycles. The summed E-state index contributed by atoms with van der Waals surface area (Å²) in [5, 5.41) is 13.7. The third-order valence-electron chi connectivity index (χ3n) is 4.23. The van der Waals surface area contributed by atoms with E-state index in [4.69, 9.17) is 0 Å². The Kier molecular flexibility index (Phi) is 6.40. The molecule has 0 bridgehead atoms. The van der Waals surface area contributed by atoms with Gasteiger partial charge in [0.25, 0.3) is 5.69 Å². The zero-order valence-electron chi connectivity index (χ0n) is 16.1. The van der Waals surface area contributed by atoms with Gasteiger partial charge in [0, 0.05) is 17.8 Å². The number of sulfonamides is 1. The van der Waals surface area contributed by atoms with E-state index in [1.54, 1.807) is 12.1 Å². The van der Waals surface area contributed by atoms with Gasteiger partial charge in [0.05, 0.1) is 16.9 Å². The van der Waals surface area contributed by atoms with E-state index in [1.165, 1.54) is 25.1 Å². The van der Waals surface area contributed by atoms with Gasteiger partial charge in [-0.15, -0.1) is 0 Å². The molecule has 8 nitrogen and oxygen atoms in total. The minimum Gasteiger partial charge on any atom is -0.324 e. The van der Waals surface area contributed by atoms with Crippen molar-refractivity contribution in [3.8, 4) is 0 Å². The molecule has 1 atom stereocenters. The Morgan fingerprint density at radius 2 is 1.71 bits per heavy atom. The Morgan fingerprint density at radius 1 is 1.11 bits per heavy atom. The summed E-state index contributed by atoms with van der Waals surface area (Å²) in [5.74, 6) is -0.201. The standard InChI is InChI=1S/C19H23N3O5S/c1-13(2)15-8-10-16(11-9-15)20-19(23)14(3)21(28(4,26)27)17-6-5-7-18(12-17)22(24)25/h5-14H,1-4H3,(H,20,23)/t14-/m0/s1. The number of nitro benzene ring substituents is 1. The molecule has 0 saturated heterocycles. The van der Waals surface area contributed by atoms with Crippen LogP contribution in [0.1, 0.15) is 32.3 Å². The van der Waals surface area contributed by atoms with Gasteiger partial charge < -0.3 is 5.32 Å². The molecule has 150 valence electrons. The van der Waals surface area contributed by atoms with Crippen LogP contribution < -0.4 is 9.62 Å². The molecule has 0 aliphatic heterocycles. The molecule has 0 heterocycles. The fourth-order valence-corrected chi connectivity index (χ4v) is 3.92. The first-order valence-electron chi connectivity index (χ1n) is 8.65. The second kappa shape index (κ2) is 8.39. The molecule has 2 rings (SSSR count). The SMILES string of the molecule is CC(C)c1ccc(NC(=O)[C@H](C)N(c2cccc([N+](=O)[O-])c2)S(C)(=O)=O)cc1. The van der Waals surface area contributed by atoms with E-state index in [9.17, 15) is 23.3 Å². The van der Waals surface area contributed by atoms with E-state index < -0.39 is 26.9 Å². The van der Waals surface area contributed by atoms with Crippen LogP contribution in [0.15, 0.2) is 48.5 Å². The van der Waals surface area contributed by atoms with Gasteiger partial charge in [0.1, 0.15) is 6.04 Å². The summed E-state index contributed by atoms with van der Waals surface area (Å²) in [6.07, 6.45) is 0.951. The van der Waals surface area contributed by atoms with Gasteiger partial charge in [-0.3, -0.25) is 19.2 Å². The quantitative estimate of drug-likeness (QED) is 0.560. The molecule has 1 N–H and O–H groups in total. The lowest BCUT2D eigenvalue weighted by Gasteiger charge is -2.28. The number of nitrogens with one attached hydrogen (secondary N) is 1. The Morgan fingerprint density at radius 3 is 2.21 bits per heavy atom. The fraction of sp³-hybridized carbons (Fsp3) is 0.316. The average Bonchev–Trinajstić information content (AvgIpc) is 2.61. The summed E-state index contributed by atoms with van der Waals surface area (Å²) in [6.45, 7) is 5.54. The van der Waals surface area contributed by atoms with Crippen molar-refractivity contribution in [1.82, 2.24) is 0 Å². The lowest BCUT2D eigenvalue weighted by atomic mass is 10.0. The summed E-state index contributed by atoms with van der Waals surface area (Å²) in [7, 11) is -3.87. The van der Waals surface area contributed by atoms with Crippen LogP contribution in [-0.2, 0) is 14.8 Å². The third kappa shape index (κ3) is 5.07. The average molecular weight is 405 g/mol. The van der Waals surface area contributed by atoms with Crippen molar-refractivity contribution >= 4 is 33.0 Å². The molecule has 0 aliphatic carbocycles. The Bertz CT molecular complexity index is 971. The van der Waals surface area contributed by atoms with Gasteiger partial charge in [-0.1, -0.05) is 32.0 Å². The maximum Gasteiger partial charge on any atom is 0.271 e. The molecule has 9 heteroatoms. The predicted molar refractivity (Wildman–Crippen MR) is 109 cm³/mol. The lowest BCUT2D eigenvalue weighted by Crippen LogP contribution is -2.45. The van der Waals surface area contributed by atoms with Crippen molar-refractivity contribution in [3.05, 3.63) is 64.2 Å². The maximum absolute atomic E-state index is 12.7. The molecular weight excluding hydrogens is 382 g/mol. The monoisotopic (exact) mass is 405 g/mol. The number of hydrogen-bond acceptors (Lipinski definition) is 5. The highest BCUT2D eigenvalue weighted by Gasteiger charge is 2.30. The van der Waals surface area contributed by atoms with Gasteiger partial charge in [0.2, 0.25) is 15.9 Å². The number of amides is 1. The van der Waals surface area contributed by atoms with Crippen LogP contribution in [0.5, 0.6) is 0 Å². The van der Waals surface area contributed by atoms with E-state index in [2.05, 4.69) is 19.2 Å². The lowest BCUT2D eigenvalue weighted by molar-refractivity contribution is -0.384. The number of nitrogens with zero attached hydrogens (tertiary/aromatic N) is 2. The number of nitro groups is 1. The molecular formula is C19H23N3O5S. The first kappa shape index (κ1) is 21.4. The number of carbonyl (C=O) groups excluding carboxylic acids is 1. The van der Waals surface area contributed by atoms with Gasteiger partial charge in [-0.05, 0) is 36.6 Å². The highest BCUT2D eigenvalue weighted by atomic mass is 32.2. The molecule has 2 aromatic carbocycles. The second-order valence-corrected chi connectivity index (χ2v) is 8.64. The van der Waals surface area contributed by atoms with E-state index in [-0.39, 0.29) is 11.4 Å². The number of hydrogen-bond donors (Lipinski definition) is 1.